The Kier molecular flexibility index (Phi) is 7.11. The number of carbonyl (C=O) groups excluding carboxylic acids is 1. The predicted molar refractivity (Wildman–Crippen MR) is 137 cm³/mol. The molecule has 36 heavy (non-hydrogen) atoms. The van der Waals surface area contributed by atoms with E-state index >= 15 is 0 Å². The van der Waals surface area contributed by atoms with Gasteiger partial charge in [-0.05, 0) is 35.2 Å². The van der Waals surface area contributed by atoms with Crippen molar-refractivity contribution in [1.29, 1.82) is 0 Å². The lowest BCUT2D eigenvalue weighted by Gasteiger charge is -2.39. The third-order valence-electron chi connectivity index (χ3n) is 6.65. The molecule has 3 N–H and O–H groups in total. The van der Waals surface area contributed by atoms with Crippen molar-refractivity contribution in [3.63, 3.8) is 0 Å². The van der Waals surface area contributed by atoms with Crippen LogP contribution in [0.2, 0.25) is 0 Å². The first-order valence-corrected chi connectivity index (χ1v) is 12.2. The van der Waals surface area contributed by atoms with Crippen molar-refractivity contribution < 1.29 is 14.3 Å². The van der Waals surface area contributed by atoms with Crippen LogP contribution in [0.1, 0.15) is 45.2 Å². The number of aromatic nitrogens is 1. The SMILES string of the molecule is NC(Cc1ccc(O)cc1)c1nc(C(=O)N2CCN(C(c3ccccc3)c3ccccc3)CC2)co1. The zero-order valence-electron chi connectivity index (χ0n) is 20.0. The fourth-order valence-electron chi connectivity index (χ4n) is 4.76. The minimum absolute atomic E-state index is 0.140. The highest BCUT2D eigenvalue weighted by Crippen LogP contribution is 2.29. The molecule has 1 unspecified atom stereocenters. The van der Waals surface area contributed by atoms with Gasteiger partial charge in [-0.3, -0.25) is 9.69 Å². The lowest BCUT2D eigenvalue weighted by molar-refractivity contribution is 0.0591. The maximum absolute atomic E-state index is 13.2. The second-order valence-corrected chi connectivity index (χ2v) is 9.10. The van der Waals surface area contributed by atoms with Gasteiger partial charge in [-0.1, -0.05) is 72.8 Å². The van der Waals surface area contributed by atoms with Gasteiger partial charge in [0.25, 0.3) is 5.91 Å². The first-order valence-electron chi connectivity index (χ1n) is 12.2. The number of nitrogens with two attached hydrogens (primary N) is 1. The Morgan fingerprint density at radius 3 is 2.06 bits per heavy atom. The van der Waals surface area contributed by atoms with Crippen LogP contribution in [0.5, 0.6) is 5.75 Å². The van der Waals surface area contributed by atoms with E-state index < -0.39 is 6.04 Å². The smallest absolute Gasteiger partial charge is 0.275 e. The van der Waals surface area contributed by atoms with E-state index in [-0.39, 0.29) is 23.4 Å². The standard InChI is InChI=1S/C29H30N4O3/c30-25(19-21-11-13-24(34)14-12-21)28-31-26(20-36-28)29(35)33-17-15-32(16-18-33)27(22-7-3-1-4-8-22)23-9-5-2-6-10-23/h1-14,20,25,27,34H,15-19,30H2. The van der Waals surface area contributed by atoms with Crippen molar-refractivity contribution in [2.24, 2.45) is 5.73 Å². The van der Waals surface area contributed by atoms with Crippen LogP contribution < -0.4 is 5.73 Å². The molecule has 1 aliphatic heterocycles. The Bertz CT molecular complexity index is 1230. The number of hydrogen-bond acceptors (Lipinski definition) is 6. The van der Waals surface area contributed by atoms with Crippen molar-refractivity contribution >= 4 is 5.91 Å². The second kappa shape index (κ2) is 10.8. The number of phenolic OH excluding ortho intramolecular Hbond substituents is 1. The van der Waals surface area contributed by atoms with Crippen LogP contribution in [0.3, 0.4) is 0 Å². The van der Waals surface area contributed by atoms with Crippen LogP contribution in [-0.4, -0.2) is 52.0 Å². The van der Waals surface area contributed by atoms with Crippen LogP contribution in [0.4, 0.5) is 0 Å². The summed E-state index contributed by atoms with van der Waals surface area (Å²) in [5.74, 6) is 0.394. The number of hydrogen-bond donors (Lipinski definition) is 2. The molecule has 7 heteroatoms. The Morgan fingerprint density at radius 2 is 1.47 bits per heavy atom. The number of benzene rings is 3. The van der Waals surface area contributed by atoms with Crippen molar-refractivity contribution in [2.45, 2.75) is 18.5 Å². The predicted octanol–water partition coefficient (Wildman–Crippen LogP) is 4.17. The van der Waals surface area contributed by atoms with E-state index in [1.807, 2.05) is 29.2 Å². The third-order valence-corrected chi connectivity index (χ3v) is 6.65. The third kappa shape index (κ3) is 5.32. The number of piperazine rings is 1. The number of rotatable bonds is 7. The quantitative estimate of drug-likeness (QED) is 0.411. The number of oxazole rings is 1. The molecule has 3 aromatic carbocycles. The highest BCUT2D eigenvalue weighted by molar-refractivity contribution is 5.92. The van der Waals surface area contributed by atoms with Crippen molar-refractivity contribution in [3.05, 3.63) is 119 Å². The van der Waals surface area contributed by atoms with Gasteiger partial charge in [0.05, 0.1) is 12.1 Å². The molecule has 1 atom stereocenters. The maximum Gasteiger partial charge on any atom is 0.275 e. The number of aromatic hydroxyl groups is 1. The van der Waals surface area contributed by atoms with Gasteiger partial charge in [0.1, 0.15) is 12.0 Å². The highest BCUT2D eigenvalue weighted by Gasteiger charge is 2.30. The summed E-state index contributed by atoms with van der Waals surface area (Å²) in [7, 11) is 0. The average Bonchev–Trinajstić information content (AvgIpc) is 3.42. The molecule has 0 aliphatic carbocycles. The van der Waals surface area contributed by atoms with Crippen LogP contribution in [0.15, 0.2) is 95.6 Å². The lowest BCUT2D eigenvalue weighted by atomic mass is 9.96. The summed E-state index contributed by atoms with van der Waals surface area (Å²) < 4.78 is 5.57. The largest absolute Gasteiger partial charge is 0.508 e. The molecule has 2 heterocycles. The fourth-order valence-corrected chi connectivity index (χ4v) is 4.76. The van der Waals surface area contributed by atoms with E-state index in [1.165, 1.54) is 17.4 Å². The van der Waals surface area contributed by atoms with E-state index in [2.05, 4.69) is 58.4 Å². The molecule has 1 aromatic heterocycles. The Balaban J connectivity index is 1.23. The van der Waals surface area contributed by atoms with E-state index in [9.17, 15) is 9.90 Å². The van der Waals surface area contributed by atoms with Crippen molar-refractivity contribution in [3.8, 4) is 5.75 Å². The molecule has 0 spiro atoms. The molecular formula is C29H30N4O3. The molecule has 5 rings (SSSR count). The average molecular weight is 483 g/mol. The zero-order valence-corrected chi connectivity index (χ0v) is 20.0. The van der Waals surface area contributed by atoms with E-state index in [1.54, 1.807) is 12.1 Å². The monoisotopic (exact) mass is 482 g/mol. The molecule has 1 fully saturated rings. The second-order valence-electron chi connectivity index (χ2n) is 9.10. The topological polar surface area (TPSA) is 95.8 Å². The minimum Gasteiger partial charge on any atom is -0.508 e. The summed E-state index contributed by atoms with van der Waals surface area (Å²) in [6.07, 6.45) is 1.89. The summed E-state index contributed by atoms with van der Waals surface area (Å²) >= 11 is 0. The summed E-state index contributed by atoms with van der Waals surface area (Å²) in [5, 5.41) is 9.45. The normalized spacial score (nSPS) is 15.2. The maximum atomic E-state index is 13.2. The van der Waals surface area contributed by atoms with E-state index in [4.69, 9.17) is 10.2 Å². The first kappa shape index (κ1) is 23.8. The van der Waals surface area contributed by atoms with Crippen LogP contribution in [0.25, 0.3) is 0 Å². The van der Waals surface area contributed by atoms with Gasteiger partial charge < -0.3 is 20.2 Å². The summed E-state index contributed by atoms with van der Waals surface area (Å²) in [4.78, 5) is 21.8. The fraction of sp³-hybridized carbons (Fsp3) is 0.241. The zero-order chi connectivity index (χ0) is 24.9. The molecule has 1 saturated heterocycles. The van der Waals surface area contributed by atoms with Crippen molar-refractivity contribution in [1.82, 2.24) is 14.8 Å². The molecular weight excluding hydrogens is 452 g/mol. The van der Waals surface area contributed by atoms with Crippen LogP contribution >= 0.6 is 0 Å². The molecule has 1 aliphatic rings. The van der Waals surface area contributed by atoms with Gasteiger partial charge in [-0.15, -0.1) is 0 Å². The molecule has 184 valence electrons. The Hall–Kier alpha value is -3.94. The van der Waals surface area contributed by atoms with E-state index in [0.717, 1.165) is 18.7 Å². The van der Waals surface area contributed by atoms with E-state index in [0.29, 0.717) is 25.4 Å². The van der Waals surface area contributed by atoms with Gasteiger partial charge >= 0.3 is 0 Å². The van der Waals surface area contributed by atoms with Gasteiger partial charge in [0.15, 0.2) is 5.69 Å². The number of phenols is 1. The van der Waals surface area contributed by atoms with Gasteiger partial charge in [-0.2, -0.15) is 0 Å². The Morgan fingerprint density at radius 1 is 0.889 bits per heavy atom. The van der Waals surface area contributed by atoms with Gasteiger partial charge in [0.2, 0.25) is 5.89 Å². The first-order chi connectivity index (χ1) is 17.6. The molecule has 7 nitrogen and oxygen atoms in total. The molecule has 0 bridgehead atoms. The van der Waals surface area contributed by atoms with Crippen LogP contribution in [0, 0.1) is 0 Å². The highest BCUT2D eigenvalue weighted by atomic mass is 16.3. The Labute approximate surface area is 210 Å². The summed E-state index contributed by atoms with van der Waals surface area (Å²) in [5.41, 5.74) is 9.99. The minimum atomic E-state index is -0.481. The molecule has 4 aromatic rings. The lowest BCUT2D eigenvalue weighted by Crippen LogP contribution is -2.50. The summed E-state index contributed by atoms with van der Waals surface area (Å²) in [6, 6.07) is 27.5. The number of nitrogens with zero attached hydrogens (tertiary/aromatic N) is 3. The van der Waals surface area contributed by atoms with Gasteiger partial charge in [-0.25, -0.2) is 4.98 Å². The van der Waals surface area contributed by atoms with Crippen LogP contribution in [-0.2, 0) is 6.42 Å². The molecule has 1 amide bonds. The number of amides is 1. The molecule has 0 radical (unpaired) electrons. The number of carbonyl (C=O) groups is 1. The van der Waals surface area contributed by atoms with Gasteiger partial charge in [0, 0.05) is 26.2 Å². The summed E-state index contributed by atoms with van der Waals surface area (Å²) in [6.45, 7) is 2.73. The molecule has 0 saturated carbocycles. The van der Waals surface area contributed by atoms with Crippen molar-refractivity contribution in [2.75, 3.05) is 26.2 Å².